The van der Waals surface area contributed by atoms with Gasteiger partial charge in [-0.25, -0.2) is 0 Å². The maximum absolute atomic E-state index is 12.1. The summed E-state index contributed by atoms with van der Waals surface area (Å²) in [6.45, 7) is 8.94. The lowest BCUT2D eigenvalue weighted by Crippen LogP contribution is -2.48. The molecule has 1 aromatic rings. The van der Waals surface area contributed by atoms with E-state index in [1.807, 2.05) is 46.8 Å². The second-order valence-electron chi connectivity index (χ2n) is 7.56. The largest absolute Gasteiger partial charge is 0.378 e. The predicted molar refractivity (Wildman–Crippen MR) is 122 cm³/mol. The zero-order valence-electron chi connectivity index (χ0n) is 17.3. The maximum Gasteiger partial charge on any atom is 0.240 e. The molecule has 6 nitrogen and oxygen atoms in total. The molecular formula is C19H34IN5O. The van der Waals surface area contributed by atoms with E-state index in [0.29, 0.717) is 12.5 Å². The molecule has 1 amide bonds. The lowest BCUT2D eigenvalue weighted by atomic mass is 10.1. The van der Waals surface area contributed by atoms with Gasteiger partial charge in [0.2, 0.25) is 5.91 Å². The molecule has 0 spiro atoms. The molecule has 0 heterocycles. The van der Waals surface area contributed by atoms with E-state index in [-0.39, 0.29) is 42.0 Å². The summed E-state index contributed by atoms with van der Waals surface area (Å²) in [6, 6.07) is 6.39. The number of aliphatic imine (C=N–C) groups is 1. The average molecular weight is 475 g/mol. The van der Waals surface area contributed by atoms with Crippen LogP contribution in [0.4, 0.5) is 5.69 Å². The number of carbonyl (C=O) groups is 1. The number of carbonyl (C=O) groups excluding carboxylic acids is 1. The first kappa shape index (κ1) is 24.5. The molecule has 2 N–H and O–H groups in total. The Balaban J connectivity index is 0.00000625. The maximum atomic E-state index is 12.1. The van der Waals surface area contributed by atoms with Gasteiger partial charge in [0.1, 0.15) is 0 Å². The van der Waals surface area contributed by atoms with E-state index < -0.39 is 0 Å². The summed E-state index contributed by atoms with van der Waals surface area (Å²) in [6.07, 6.45) is 0. The predicted octanol–water partition coefficient (Wildman–Crippen LogP) is 2.60. The van der Waals surface area contributed by atoms with E-state index in [1.54, 1.807) is 7.05 Å². The molecule has 0 aliphatic carbocycles. The van der Waals surface area contributed by atoms with Gasteiger partial charge in [0.05, 0.1) is 6.54 Å². The van der Waals surface area contributed by atoms with E-state index in [4.69, 9.17) is 0 Å². The van der Waals surface area contributed by atoms with Gasteiger partial charge < -0.3 is 20.4 Å². The number of hydrogen-bond acceptors (Lipinski definition) is 3. The van der Waals surface area contributed by atoms with Crippen molar-refractivity contribution in [2.24, 2.45) is 4.99 Å². The molecule has 0 aliphatic rings. The van der Waals surface area contributed by atoms with E-state index in [9.17, 15) is 4.79 Å². The van der Waals surface area contributed by atoms with Gasteiger partial charge in [-0.2, -0.15) is 0 Å². The topological polar surface area (TPSA) is 60.0 Å². The fourth-order valence-electron chi connectivity index (χ4n) is 2.46. The molecule has 0 radical (unpaired) electrons. The van der Waals surface area contributed by atoms with Crippen molar-refractivity contribution in [3.05, 3.63) is 29.3 Å². The van der Waals surface area contributed by atoms with Crippen LogP contribution in [0.15, 0.2) is 23.2 Å². The van der Waals surface area contributed by atoms with Crippen molar-refractivity contribution in [3.8, 4) is 0 Å². The first-order chi connectivity index (χ1) is 11.5. The molecule has 0 saturated heterocycles. The molecule has 1 aromatic carbocycles. The third-order valence-corrected chi connectivity index (χ3v) is 3.75. The van der Waals surface area contributed by atoms with Crippen LogP contribution in [0, 0.1) is 6.92 Å². The quantitative estimate of drug-likeness (QED) is 0.391. The van der Waals surface area contributed by atoms with Gasteiger partial charge in [0, 0.05) is 46.0 Å². The van der Waals surface area contributed by atoms with Gasteiger partial charge in [-0.15, -0.1) is 24.0 Å². The fourth-order valence-corrected chi connectivity index (χ4v) is 2.46. The van der Waals surface area contributed by atoms with Crippen LogP contribution in [-0.4, -0.2) is 57.0 Å². The lowest BCUT2D eigenvalue weighted by Gasteiger charge is -2.25. The fraction of sp³-hybridized carbons (Fsp3) is 0.579. The molecule has 0 unspecified atom stereocenters. The number of nitrogens with one attached hydrogen (secondary N) is 2. The zero-order chi connectivity index (χ0) is 19.2. The number of halogens is 1. The number of amides is 1. The molecule has 0 fully saturated rings. The number of nitrogens with zero attached hydrogens (tertiary/aromatic N) is 3. The Labute approximate surface area is 175 Å². The molecule has 0 atom stereocenters. The van der Waals surface area contributed by atoms with E-state index in [2.05, 4.69) is 45.6 Å². The summed E-state index contributed by atoms with van der Waals surface area (Å²) in [4.78, 5) is 20.3. The van der Waals surface area contributed by atoms with Crippen LogP contribution in [0.5, 0.6) is 0 Å². The number of guanidine groups is 1. The average Bonchev–Trinajstić information content (AvgIpc) is 2.46. The molecule has 26 heavy (non-hydrogen) atoms. The molecule has 148 valence electrons. The van der Waals surface area contributed by atoms with Crippen molar-refractivity contribution in [3.63, 3.8) is 0 Å². The van der Waals surface area contributed by atoms with Crippen LogP contribution in [-0.2, 0) is 11.3 Å². The molecule has 0 aliphatic heterocycles. The lowest BCUT2D eigenvalue weighted by molar-refractivity contribution is -0.122. The highest BCUT2D eigenvalue weighted by molar-refractivity contribution is 14.0. The van der Waals surface area contributed by atoms with Gasteiger partial charge >= 0.3 is 0 Å². The van der Waals surface area contributed by atoms with E-state index >= 15 is 0 Å². The second kappa shape index (κ2) is 10.6. The summed E-state index contributed by atoms with van der Waals surface area (Å²) < 4.78 is 0. The van der Waals surface area contributed by atoms with Gasteiger partial charge in [-0.1, -0.05) is 6.07 Å². The first-order valence-electron chi connectivity index (χ1n) is 8.53. The molecule has 1 rings (SSSR count). The summed E-state index contributed by atoms with van der Waals surface area (Å²) in [5.41, 5.74) is 3.38. The zero-order valence-corrected chi connectivity index (χ0v) is 19.6. The summed E-state index contributed by atoms with van der Waals surface area (Å²) in [5.74, 6) is 0.671. The Morgan fingerprint density at radius 1 is 1.19 bits per heavy atom. The SMILES string of the molecule is CN=C(NCc1ccc(N(C)C)cc1C)N(C)CC(=O)NC(C)(C)C.I. The van der Waals surface area contributed by atoms with Gasteiger partial charge in [0.25, 0.3) is 0 Å². The van der Waals surface area contributed by atoms with Crippen LogP contribution >= 0.6 is 24.0 Å². The first-order valence-corrected chi connectivity index (χ1v) is 8.53. The molecule has 7 heteroatoms. The van der Waals surface area contributed by atoms with Crippen LogP contribution in [0.3, 0.4) is 0 Å². The minimum Gasteiger partial charge on any atom is -0.378 e. The minimum atomic E-state index is -0.236. The van der Waals surface area contributed by atoms with Crippen molar-refractivity contribution in [2.45, 2.75) is 39.8 Å². The van der Waals surface area contributed by atoms with Crippen LogP contribution in [0.1, 0.15) is 31.9 Å². The Morgan fingerprint density at radius 2 is 1.81 bits per heavy atom. The van der Waals surface area contributed by atoms with Crippen molar-refractivity contribution in [1.82, 2.24) is 15.5 Å². The number of benzene rings is 1. The number of aryl methyl sites for hydroxylation is 1. The van der Waals surface area contributed by atoms with Crippen molar-refractivity contribution < 1.29 is 4.79 Å². The van der Waals surface area contributed by atoms with Crippen molar-refractivity contribution in [1.29, 1.82) is 0 Å². The minimum absolute atomic E-state index is 0. The number of likely N-dealkylation sites (N-methyl/N-ethyl adjacent to an activating group) is 1. The number of rotatable bonds is 5. The van der Waals surface area contributed by atoms with Crippen molar-refractivity contribution >= 4 is 41.5 Å². The number of anilines is 1. The Hall–Kier alpha value is -1.51. The smallest absolute Gasteiger partial charge is 0.240 e. The third-order valence-electron chi connectivity index (χ3n) is 3.75. The molecular weight excluding hydrogens is 441 g/mol. The highest BCUT2D eigenvalue weighted by atomic mass is 127. The monoisotopic (exact) mass is 475 g/mol. The molecule has 0 bridgehead atoms. The Morgan fingerprint density at radius 3 is 2.27 bits per heavy atom. The second-order valence-corrected chi connectivity index (χ2v) is 7.56. The Kier molecular flexibility index (Phi) is 9.98. The van der Waals surface area contributed by atoms with Crippen LogP contribution in [0.2, 0.25) is 0 Å². The van der Waals surface area contributed by atoms with Gasteiger partial charge in [-0.3, -0.25) is 9.79 Å². The van der Waals surface area contributed by atoms with Gasteiger partial charge in [0.15, 0.2) is 5.96 Å². The summed E-state index contributed by atoms with van der Waals surface area (Å²) in [7, 11) is 7.65. The Bertz CT molecular complexity index is 623. The normalized spacial score (nSPS) is 11.5. The van der Waals surface area contributed by atoms with Crippen LogP contribution < -0.4 is 15.5 Å². The number of hydrogen-bond donors (Lipinski definition) is 2. The summed E-state index contributed by atoms with van der Waals surface area (Å²) in [5, 5.41) is 6.29. The molecule has 0 aromatic heterocycles. The van der Waals surface area contributed by atoms with Gasteiger partial charge in [-0.05, 0) is 51.0 Å². The highest BCUT2D eigenvalue weighted by Gasteiger charge is 2.16. The standard InChI is InChI=1S/C19H33N5O.HI/c1-14-11-16(23(6)7)10-9-15(14)12-21-18(20-5)24(8)13-17(25)22-19(2,3)4;/h9-11H,12-13H2,1-8H3,(H,20,21)(H,22,25);1H. The highest BCUT2D eigenvalue weighted by Crippen LogP contribution is 2.17. The van der Waals surface area contributed by atoms with E-state index in [1.165, 1.54) is 16.8 Å². The third kappa shape index (κ3) is 8.25. The van der Waals surface area contributed by atoms with Crippen LogP contribution in [0.25, 0.3) is 0 Å². The van der Waals surface area contributed by atoms with E-state index in [0.717, 1.165) is 0 Å². The van der Waals surface area contributed by atoms with Crippen molar-refractivity contribution in [2.75, 3.05) is 39.6 Å². The molecule has 0 saturated carbocycles. The summed E-state index contributed by atoms with van der Waals surface area (Å²) >= 11 is 0.